The Kier molecular flexibility index (Phi) is 4.08. The lowest BCUT2D eigenvalue weighted by molar-refractivity contribution is -0.137. The van der Waals surface area contributed by atoms with E-state index in [2.05, 4.69) is 20.9 Å². The average molecular weight is 398 g/mol. The zero-order valence-electron chi connectivity index (χ0n) is 12.1. The minimum absolute atomic E-state index is 0.0430. The predicted octanol–water partition coefficient (Wildman–Crippen LogP) is 3.96. The van der Waals surface area contributed by atoms with Crippen LogP contribution in [0.4, 0.5) is 13.2 Å². The molecule has 0 unspecified atom stereocenters. The highest BCUT2D eigenvalue weighted by atomic mass is 79.9. The standard InChI is InChI=1S/C16H11BrF3N3O/c17-12-11-5-2-6-22-15(11)23(13(12)14(21)24)8-9-3-1-4-10(7-9)16(18,19)20/h1-7H,8H2,(H2,21,24). The van der Waals surface area contributed by atoms with E-state index in [0.29, 0.717) is 21.1 Å². The highest BCUT2D eigenvalue weighted by molar-refractivity contribution is 9.10. The Morgan fingerprint density at radius 2 is 2.00 bits per heavy atom. The van der Waals surface area contributed by atoms with Crippen LogP contribution in [0.3, 0.4) is 0 Å². The van der Waals surface area contributed by atoms with Crippen molar-refractivity contribution in [3.63, 3.8) is 0 Å². The number of fused-ring (bicyclic) bond motifs is 1. The van der Waals surface area contributed by atoms with E-state index in [0.717, 1.165) is 12.1 Å². The van der Waals surface area contributed by atoms with Crippen molar-refractivity contribution in [2.45, 2.75) is 12.7 Å². The fourth-order valence-electron chi connectivity index (χ4n) is 2.56. The van der Waals surface area contributed by atoms with E-state index >= 15 is 0 Å². The van der Waals surface area contributed by atoms with Crippen molar-refractivity contribution in [2.75, 3.05) is 0 Å². The molecule has 0 saturated heterocycles. The van der Waals surface area contributed by atoms with Gasteiger partial charge in [-0.1, -0.05) is 12.1 Å². The highest BCUT2D eigenvalue weighted by Crippen LogP contribution is 2.32. The van der Waals surface area contributed by atoms with Gasteiger partial charge in [-0.25, -0.2) is 4.98 Å². The molecule has 0 bridgehead atoms. The first-order valence-electron chi connectivity index (χ1n) is 6.87. The summed E-state index contributed by atoms with van der Waals surface area (Å²) in [4.78, 5) is 16.0. The molecule has 0 aliphatic carbocycles. The first kappa shape index (κ1) is 16.5. The normalized spacial score (nSPS) is 11.8. The van der Waals surface area contributed by atoms with Gasteiger partial charge in [0.1, 0.15) is 11.3 Å². The van der Waals surface area contributed by atoms with E-state index in [1.165, 1.54) is 10.6 Å². The van der Waals surface area contributed by atoms with Crippen molar-refractivity contribution in [1.29, 1.82) is 0 Å². The number of hydrogen-bond acceptors (Lipinski definition) is 2. The molecule has 3 rings (SSSR count). The number of primary amides is 1. The van der Waals surface area contributed by atoms with Gasteiger partial charge in [0.25, 0.3) is 5.91 Å². The molecule has 0 spiro atoms. The zero-order valence-corrected chi connectivity index (χ0v) is 13.7. The molecule has 2 heterocycles. The third-order valence-corrected chi connectivity index (χ3v) is 4.39. The third kappa shape index (κ3) is 2.89. The molecule has 0 fully saturated rings. The minimum Gasteiger partial charge on any atom is -0.364 e. The first-order chi connectivity index (χ1) is 11.3. The summed E-state index contributed by atoms with van der Waals surface area (Å²) in [5, 5.41) is 0.665. The lowest BCUT2D eigenvalue weighted by Crippen LogP contribution is -2.18. The molecule has 0 aliphatic rings. The summed E-state index contributed by atoms with van der Waals surface area (Å²) in [6, 6.07) is 8.39. The number of hydrogen-bond donors (Lipinski definition) is 1. The maximum Gasteiger partial charge on any atom is 0.416 e. The van der Waals surface area contributed by atoms with Gasteiger partial charge in [0.05, 0.1) is 10.0 Å². The van der Waals surface area contributed by atoms with Crippen LogP contribution in [0, 0.1) is 0 Å². The van der Waals surface area contributed by atoms with E-state index in [1.54, 1.807) is 24.4 Å². The fourth-order valence-corrected chi connectivity index (χ4v) is 3.28. The summed E-state index contributed by atoms with van der Waals surface area (Å²) < 4.78 is 40.6. The highest BCUT2D eigenvalue weighted by Gasteiger charge is 2.30. The number of benzene rings is 1. The Balaban J connectivity index is 2.14. The largest absolute Gasteiger partial charge is 0.416 e. The lowest BCUT2D eigenvalue weighted by Gasteiger charge is -2.11. The molecule has 0 saturated carbocycles. The van der Waals surface area contributed by atoms with Crippen LogP contribution in [0.15, 0.2) is 47.1 Å². The molecule has 4 nitrogen and oxygen atoms in total. The number of alkyl halides is 3. The number of pyridine rings is 1. The van der Waals surface area contributed by atoms with Gasteiger partial charge in [-0.3, -0.25) is 4.79 Å². The van der Waals surface area contributed by atoms with Crippen molar-refractivity contribution in [1.82, 2.24) is 9.55 Å². The van der Waals surface area contributed by atoms with Crippen molar-refractivity contribution in [2.24, 2.45) is 5.73 Å². The molecule has 8 heteroatoms. The maximum absolute atomic E-state index is 12.9. The van der Waals surface area contributed by atoms with Crippen LogP contribution in [0.5, 0.6) is 0 Å². The molecule has 0 aliphatic heterocycles. The topological polar surface area (TPSA) is 60.9 Å². The number of nitrogens with two attached hydrogens (primary N) is 1. The maximum atomic E-state index is 12.9. The number of rotatable bonds is 3. The minimum atomic E-state index is -4.43. The Morgan fingerprint density at radius 3 is 2.67 bits per heavy atom. The van der Waals surface area contributed by atoms with Crippen LogP contribution in [0.25, 0.3) is 11.0 Å². The molecule has 2 N–H and O–H groups in total. The van der Waals surface area contributed by atoms with Gasteiger partial charge in [0.15, 0.2) is 0 Å². The first-order valence-corrected chi connectivity index (χ1v) is 7.67. The van der Waals surface area contributed by atoms with Crippen LogP contribution in [0.2, 0.25) is 0 Å². The van der Waals surface area contributed by atoms with Crippen molar-refractivity contribution in [3.8, 4) is 0 Å². The molecule has 24 heavy (non-hydrogen) atoms. The second kappa shape index (κ2) is 5.94. The SMILES string of the molecule is NC(=O)c1c(Br)c2cccnc2n1Cc1cccc(C(F)(F)F)c1. The summed E-state index contributed by atoms with van der Waals surface area (Å²) in [6.45, 7) is 0.0430. The monoisotopic (exact) mass is 397 g/mol. The van der Waals surface area contributed by atoms with Crippen LogP contribution >= 0.6 is 15.9 Å². The van der Waals surface area contributed by atoms with Gasteiger partial charge < -0.3 is 10.3 Å². The van der Waals surface area contributed by atoms with Crippen molar-refractivity contribution < 1.29 is 18.0 Å². The Labute approximate surface area is 143 Å². The van der Waals surface area contributed by atoms with Gasteiger partial charge in [-0.15, -0.1) is 0 Å². The van der Waals surface area contributed by atoms with E-state index in [4.69, 9.17) is 5.73 Å². The number of nitrogens with zero attached hydrogens (tertiary/aromatic N) is 2. The quantitative estimate of drug-likeness (QED) is 0.726. The lowest BCUT2D eigenvalue weighted by atomic mass is 10.1. The van der Waals surface area contributed by atoms with Crippen LogP contribution < -0.4 is 5.73 Å². The second-order valence-corrected chi connectivity index (χ2v) is 5.98. The smallest absolute Gasteiger partial charge is 0.364 e. The number of carbonyl (C=O) groups excluding carboxylic acids is 1. The molecule has 3 aromatic rings. The van der Waals surface area contributed by atoms with Gasteiger partial charge in [0, 0.05) is 18.1 Å². The van der Waals surface area contributed by atoms with Crippen LogP contribution in [0.1, 0.15) is 21.6 Å². The number of halogens is 4. The number of aromatic nitrogens is 2. The van der Waals surface area contributed by atoms with E-state index < -0.39 is 17.6 Å². The molecule has 0 atom stereocenters. The fraction of sp³-hybridized carbons (Fsp3) is 0.125. The summed E-state index contributed by atoms with van der Waals surface area (Å²) >= 11 is 3.32. The number of carbonyl (C=O) groups is 1. The van der Waals surface area contributed by atoms with Gasteiger partial charge in [-0.05, 0) is 45.8 Å². The molecular formula is C16H11BrF3N3O. The van der Waals surface area contributed by atoms with Gasteiger partial charge >= 0.3 is 6.18 Å². The van der Waals surface area contributed by atoms with Gasteiger partial charge in [-0.2, -0.15) is 13.2 Å². The van der Waals surface area contributed by atoms with Crippen LogP contribution in [-0.4, -0.2) is 15.5 Å². The third-order valence-electron chi connectivity index (χ3n) is 3.59. The molecular weight excluding hydrogens is 387 g/mol. The predicted molar refractivity (Wildman–Crippen MR) is 86.5 cm³/mol. The van der Waals surface area contributed by atoms with Crippen molar-refractivity contribution >= 4 is 32.9 Å². The Bertz CT molecular complexity index is 934. The molecule has 1 aromatic carbocycles. The van der Waals surface area contributed by atoms with Crippen LogP contribution in [-0.2, 0) is 12.7 Å². The molecule has 0 radical (unpaired) electrons. The van der Waals surface area contributed by atoms with Gasteiger partial charge in [0.2, 0.25) is 0 Å². The second-order valence-electron chi connectivity index (χ2n) is 5.19. The summed E-state index contributed by atoms with van der Waals surface area (Å²) in [5.74, 6) is -0.688. The molecule has 1 amide bonds. The molecule has 2 aromatic heterocycles. The molecule has 124 valence electrons. The van der Waals surface area contributed by atoms with E-state index in [1.807, 2.05) is 0 Å². The van der Waals surface area contributed by atoms with Crippen molar-refractivity contribution in [3.05, 3.63) is 63.9 Å². The summed E-state index contributed by atoms with van der Waals surface area (Å²) in [5.41, 5.74) is 5.72. The number of amides is 1. The Hall–Kier alpha value is -2.35. The zero-order chi connectivity index (χ0) is 17.5. The summed E-state index contributed by atoms with van der Waals surface area (Å²) in [7, 11) is 0. The van der Waals surface area contributed by atoms with E-state index in [9.17, 15) is 18.0 Å². The average Bonchev–Trinajstić information content (AvgIpc) is 2.80. The Morgan fingerprint density at radius 1 is 1.25 bits per heavy atom. The summed E-state index contributed by atoms with van der Waals surface area (Å²) in [6.07, 6.45) is -2.89. The van der Waals surface area contributed by atoms with E-state index in [-0.39, 0.29) is 12.2 Å².